The Balaban J connectivity index is 2.15. The number of carboxylic acids is 2. The zero-order chi connectivity index (χ0) is 22.3. The van der Waals surface area contributed by atoms with Crippen molar-refractivity contribution < 1.29 is 43.4 Å². The van der Waals surface area contributed by atoms with Crippen molar-refractivity contribution in [2.45, 2.75) is 17.5 Å². The normalized spacial score (nSPS) is 22.6. The van der Waals surface area contributed by atoms with Gasteiger partial charge in [0.2, 0.25) is 5.71 Å². The molecule has 2 rings (SSSR count). The number of ether oxygens (including phenoxy) is 1. The summed E-state index contributed by atoms with van der Waals surface area (Å²) in [4.78, 5) is 51.3. The third-order valence-corrected chi connectivity index (χ3v) is 5.41. The summed E-state index contributed by atoms with van der Waals surface area (Å²) < 4.78 is 9.76. The molecule has 0 unspecified atom stereocenters. The van der Waals surface area contributed by atoms with Crippen molar-refractivity contribution in [3.05, 3.63) is 24.2 Å². The van der Waals surface area contributed by atoms with E-state index in [4.69, 9.17) is 10.2 Å². The van der Waals surface area contributed by atoms with E-state index in [1.807, 2.05) is 0 Å². The standard InChI is InChI=1S/C16H20N4O9S/c1-27-20-10(8-3-2-4-28-8)12(21)18-11(15(24)25)13-19-9(14(22)23)7(6-30-13)5-29-16(17)26/h2-4,7,9,11,13,19H,5-6H2,1H3,(H2,17,26)(H,18,21)(H,22,23)(H,24,25)/b20-10-/t7-,9-,11+,13-/m1/s1. The molecule has 2 heterocycles. The zero-order valence-electron chi connectivity index (χ0n) is 15.6. The maximum Gasteiger partial charge on any atom is 0.404 e. The van der Waals surface area contributed by atoms with Gasteiger partial charge in [-0.3, -0.25) is 14.9 Å². The maximum absolute atomic E-state index is 12.6. The van der Waals surface area contributed by atoms with Crippen LogP contribution in [0.5, 0.6) is 0 Å². The van der Waals surface area contributed by atoms with Crippen LogP contribution in [0.25, 0.3) is 0 Å². The van der Waals surface area contributed by atoms with Crippen LogP contribution < -0.4 is 16.4 Å². The minimum absolute atomic E-state index is 0.0508. The molecule has 14 heteroatoms. The molecule has 13 nitrogen and oxygen atoms in total. The lowest BCUT2D eigenvalue weighted by molar-refractivity contribution is -0.144. The van der Waals surface area contributed by atoms with Crippen LogP contribution in [0, 0.1) is 5.92 Å². The molecular formula is C16H20N4O9S. The van der Waals surface area contributed by atoms with E-state index in [-0.39, 0.29) is 23.8 Å². The molecule has 1 aromatic rings. The quantitative estimate of drug-likeness (QED) is 0.231. The largest absolute Gasteiger partial charge is 0.480 e. The first-order valence-corrected chi connectivity index (χ1v) is 9.50. The predicted octanol–water partition coefficient (Wildman–Crippen LogP) is -0.973. The first-order chi connectivity index (χ1) is 14.2. The highest BCUT2D eigenvalue weighted by molar-refractivity contribution is 8.00. The Morgan fingerprint density at radius 1 is 1.43 bits per heavy atom. The number of hydrogen-bond acceptors (Lipinski definition) is 10. The van der Waals surface area contributed by atoms with Gasteiger partial charge in [0.05, 0.1) is 18.2 Å². The molecule has 164 valence electrons. The van der Waals surface area contributed by atoms with Crippen LogP contribution in [0.3, 0.4) is 0 Å². The molecule has 1 saturated heterocycles. The highest BCUT2D eigenvalue weighted by atomic mass is 32.2. The fraction of sp³-hybridized carbons (Fsp3) is 0.438. The average molecular weight is 444 g/mol. The Morgan fingerprint density at radius 3 is 2.70 bits per heavy atom. The van der Waals surface area contributed by atoms with E-state index in [9.17, 15) is 29.4 Å². The Hall–Kier alpha value is -3.26. The van der Waals surface area contributed by atoms with Gasteiger partial charge in [-0.05, 0) is 12.1 Å². The molecule has 6 N–H and O–H groups in total. The molecule has 1 aromatic heterocycles. The molecule has 2 amide bonds. The van der Waals surface area contributed by atoms with E-state index in [0.29, 0.717) is 0 Å². The van der Waals surface area contributed by atoms with E-state index < -0.39 is 47.3 Å². The number of furan rings is 1. The molecule has 1 fully saturated rings. The van der Waals surface area contributed by atoms with Gasteiger partial charge in [0, 0.05) is 11.7 Å². The summed E-state index contributed by atoms with van der Waals surface area (Å²) >= 11 is 1.05. The summed E-state index contributed by atoms with van der Waals surface area (Å²) in [6, 6.07) is 0.197. The van der Waals surface area contributed by atoms with E-state index in [1.54, 1.807) is 0 Å². The second kappa shape index (κ2) is 10.5. The van der Waals surface area contributed by atoms with Crippen molar-refractivity contribution in [1.29, 1.82) is 0 Å². The highest BCUT2D eigenvalue weighted by Gasteiger charge is 2.42. The number of carbonyl (C=O) groups excluding carboxylic acids is 2. The van der Waals surface area contributed by atoms with Crippen LogP contribution in [0.15, 0.2) is 28.0 Å². The van der Waals surface area contributed by atoms with Gasteiger partial charge in [0.25, 0.3) is 5.91 Å². The fourth-order valence-corrected chi connectivity index (χ4v) is 4.03. The summed E-state index contributed by atoms with van der Waals surface area (Å²) in [6.45, 7) is -0.258. The van der Waals surface area contributed by atoms with Gasteiger partial charge in [-0.2, -0.15) is 0 Å². The number of nitrogens with zero attached hydrogens (tertiary/aromatic N) is 1. The zero-order valence-corrected chi connectivity index (χ0v) is 16.5. The minimum atomic E-state index is -1.51. The number of carbonyl (C=O) groups is 4. The van der Waals surface area contributed by atoms with Crippen molar-refractivity contribution in [1.82, 2.24) is 10.6 Å². The van der Waals surface area contributed by atoms with E-state index in [1.165, 1.54) is 25.5 Å². The molecule has 0 spiro atoms. The van der Waals surface area contributed by atoms with Crippen LogP contribution in [0.4, 0.5) is 4.79 Å². The lowest BCUT2D eigenvalue weighted by atomic mass is 10.0. The number of thioether (sulfide) groups is 1. The molecular weight excluding hydrogens is 424 g/mol. The first kappa shape index (κ1) is 23.0. The molecule has 1 aliphatic rings. The maximum atomic E-state index is 12.6. The van der Waals surface area contributed by atoms with Gasteiger partial charge in [0.1, 0.15) is 13.2 Å². The van der Waals surface area contributed by atoms with Gasteiger partial charge in [-0.1, -0.05) is 5.16 Å². The molecule has 0 bridgehead atoms. The van der Waals surface area contributed by atoms with Gasteiger partial charge in [-0.25, -0.2) is 9.59 Å². The second-order valence-corrected chi connectivity index (χ2v) is 7.19. The van der Waals surface area contributed by atoms with Crippen molar-refractivity contribution in [2.75, 3.05) is 19.5 Å². The summed E-state index contributed by atoms with van der Waals surface area (Å²) in [5, 5.41) is 26.5. The van der Waals surface area contributed by atoms with Crippen LogP contribution in [0.1, 0.15) is 5.76 Å². The van der Waals surface area contributed by atoms with Gasteiger partial charge >= 0.3 is 18.0 Å². The van der Waals surface area contributed by atoms with Crippen molar-refractivity contribution in [3.63, 3.8) is 0 Å². The number of primary amides is 1. The first-order valence-electron chi connectivity index (χ1n) is 8.46. The number of hydrogen-bond donors (Lipinski definition) is 5. The van der Waals surface area contributed by atoms with E-state index >= 15 is 0 Å². The lowest BCUT2D eigenvalue weighted by Gasteiger charge is -2.36. The smallest absolute Gasteiger partial charge is 0.404 e. The van der Waals surface area contributed by atoms with E-state index in [2.05, 4.69) is 25.4 Å². The Bertz CT molecular complexity index is 814. The lowest BCUT2D eigenvalue weighted by Crippen LogP contribution is -2.62. The molecule has 0 saturated carbocycles. The van der Waals surface area contributed by atoms with Crippen molar-refractivity contribution in [2.24, 2.45) is 16.8 Å². The summed E-state index contributed by atoms with van der Waals surface area (Å²) in [5.74, 6) is -4.04. The van der Waals surface area contributed by atoms with Gasteiger partial charge < -0.3 is 35.3 Å². The van der Waals surface area contributed by atoms with Crippen molar-refractivity contribution in [3.8, 4) is 0 Å². The Morgan fingerprint density at radius 2 is 2.17 bits per heavy atom. The highest BCUT2D eigenvalue weighted by Crippen LogP contribution is 2.26. The fourth-order valence-electron chi connectivity index (χ4n) is 2.66. The van der Waals surface area contributed by atoms with Crippen LogP contribution in [-0.4, -0.2) is 76.8 Å². The molecule has 30 heavy (non-hydrogen) atoms. The number of nitrogens with two attached hydrogens (primary N) is 1. The molecule has 0 radical (unpaired) electrons. The van der Waals surface area contributed by atoms with Crippen molar-refractivity contribution >= 4 is 41.4 Å². The van der Waals surface area contributed by atoms with Crippen LogP contribution in [-0.2, 0) is 24.0 Å². The SMILES string of the molecule is CO/N=C(\C(=O)N[C@H](C(=O)O)[C@@H]1N[C@@H](C(=O)O)[C@H](COC(N)=O)CS1)c1ccco1. The summed E-state index contributed by atoms with van der Waals surface area (Å²) in [5.41, 5.74) is 4.61. The van der Waals surface area contributed by atoms with Crippen LogP contribution in [0.2, 0.25) is 0 Å². The molecule has 1 aliphatic heterocycles. The molecule has 4 atom stereocenters. The average Bonchev–Trinajstić information content (AvgIpc) is 3.22. The summed E-state index contributed by atoms with van der Waals surface area (Å²) in [7, 11) is 1.20. The van der Waals surface area contributed by atoms with Crippen LogP contribution >= 0.6 is 11.8 Å². The molecule has 0 aromatic carbocycles. The van der Waals surface area contributed by atoms with E-state index in [0.717, 1.165) is 11.8 Å². The number of nitrogens with one attached hydrogen (secondary N) is 2. The number of carboxylic acid groups (broad SMARTS) is 2. The monoisotopic (exact) mass is 444 g/mol. The number of oxime groups is 1. The Labute approximate surface area is 173 Å². The third-order valence-electron chi connectivity index (χ3n) is 4.02. The number of amides is 2. The summed E-state index contributed by atoms with van der Waals surface area (Å²) in [6.07, 6.45) is 0.247. The third kappa shape index (κ3) is 5.87. The predicted molar refractivity (Wildman–Crippen MR) is 102 cm³/mol. The Kier molecular flexibility index (Phi) is 8.06. The van der Waals surface area contributed by atoms with Gasteiger partial charge in [0.15, 0.2) is 11.8 Å². The topological polar surface area (TPSA) is 203 Å². The second-order valence-electron chi connectivity index (χ2n) is 6.02. The van der Waals surface area contributed by atoms with Gasteiger partial charge in [-0.15, -0.1) is 11.8 Å². The minimum Gasteiger partial charge on any atom is -0.480 e. The number of aliphatic carboxylic acids is 2. The number of rotatable bonds is 9. The molecule has 0 aliphatic carbocycles.